The van der Waals surface area contributed by atoms with Gasteiger partial charge in [-0.25, -0.2) is 8.42 Å². The number of benzene rings is 1. The second-order valence-corrected chi connectivity index (χ2v) is 9.28. The van der Waals surface area contributed by atoms with E-state index < -0.39 is 34.8 Å². The van der Waals surface area contributed by atoms with Gasteiger partial charge in [0.2, 0.25) is 10.0 Å². The molecule has 1 aromatic rings. The van der Waals surface area contributed by atoms with E-state index in [1.54, 1.807) is 0 Å². The predicted octanol–water partition coefficient (Wildman–Crippen LogP) is 3.60. The van der Waals surface area contributed by atoms with E-state index in [0.717, 1.165) is 25.7 Å². The van der Waals surface area contributed by atoms with Crippen LogP contribution >= 0.6 is 11.6 Å². The van der Waals surface area contributed by atoms with Crippen molar-refractivity contribution >= 4 is 27.5 Å². The van der Waals surface area contributed by atoms with Crippen LogP contribution in [0.2, 0.25) is 5.02 Å². The molecule has 6 nitrogen and oxygen atoms in total. The number of hydrogen-bond acceptors (Lipinski definition) is 4. The van der Waals surface area contributed by atoms with Gasteiger partial charge in [-0.15, -0.1) is 0 Å². The van der Waals surface area contributed by atoms with Crippen LogP contribution in [0.4, 0.5) is 13.2 Å². The lowest BCUT2D eigenvalue weighted by Gasteiger charge is -2.21. The molecular formula is C18H24ClF3N2O4S. The van der Waals surface area contributed by atoms with E-state index in [1.165, 1.54) is 29.4 Å². The fraction of sp³-hybridized carbons (Fsp3) is 0.611. The number of ether oxygens (including phenoxy) is 1. The lowest BCUT2D eigenvalue weighted by atomic mass is 10.2. The molecule has 0 unspecified atom stereocenters. The average Bonchev–Trinajstić information content (AvgIpc) is 2.90. The highest BCUT2D eigenvalue weighted by Crippen LogP contribution is 2.27. The smallest absolute Gasteiger partial charge is 0.370 e. The van der Waals surface area contributed by atoms with Crippen LogP contribution in [0.25, 0.3) is 0 Å². The number of sulfonamides is 1. The Labute approximate surface area is 173 Å². The largest absolute Gasteiger partial charge is 0.411 e. The summed E-state index contributed by atoms with van der Waals surface area (Å²) in [6.45, 7) is 0.522. The molecule has 0 bridgehead atoms. The van der Waals surface area contributed by atoms with Crippen molar-refractivity contribution in [2.24, 2.45) is 0 Å². The van der Waals surface area contributed by atoms with Gasteiger partial charge in [-0.05, 0) is 38.0 Å². The van der Waals surface area contributed by atoms with Crippen LogP contribution in [-0.2, 0) is 14.8 Å². The molecule has 164 valence electrons. The van der Waals surface area contributed by atoms with Crippen LogP contribution in [0.15, 0.2) is 23.1 Å². The number of nitrogens with one attached hydrogen (secondary N) is 1. The lowest BCUT2D eigenvalue weighted by Crippen LogP contribution is -2.37. The summed E-state index contributed by atoms with van der Waals surface area (Å²) in [6.07, 6.45) is -1.03. The van der Waals surface area contributed by atoms with E-state index in [1.807, 2.05) is 0 Å². The number of hydrogen-bond donors (Lipinski definition) is 1. The number of nitrogens with zero attached hydrogens (tertiary/aromatic N) is 1. The minimum Gasteiger partial charge on any atom is -0.370 e. The van der Waals surface area contributed by atoms with Gasteiger partial charge in [0.1, 0.15) is 11.5 Å². The maximum absolute atomic E-state index is 13.0. The quantitative estimate of drug-likeness (QED) is 0.680. The van der Waals surface area contributed by atoms with Crippen molar-refractivity contribution in [3.05, 3.63) is 28.8 Å². The predicted molar refractivity (Wildman–Crippen MR) is 102 cm³/mol. The minimum absolute atomic E-state index is 0.00681. The van der Waals surface area contributed by atoms with E-state index in [9.17, 15) is 26.4 Å². The Morgan fingerprint density at radius 1 is 1.24 bits per heavy atom. The van der Waals surface area contributed by atoms with Crippen LogP contribution in [0.1, 0.15) is 43.0 Å². The third-order valence-corrected chi connectivity index (χ3v) is 6.77. The van der Waals surface area contributed by atoms with Gasteiger partial charge in [0.25, 0.3) is 5.91 Å². The summed E-state index contributed by atoms with van der Waals surface area (Å²) in [4.78, 5) is 12.2. The van der Waals surface area contributed by atoms with Crippen molar-refractivity contribution in [3.63, 3.8) is 0 Å². The Morgan fingerprint density at radius 3 is 2.45 bits per heavy atom. The van der Waals surface area contributed by atoms with Crippen molar-refractivity contribution in [2.45, 2.75) is 49.7 Å². The summed E-state index contributed by atoms with van der Waals surface area (Å²) in [5, 5.41) is 2.49. The molecule has 1 saturated heterocycles. The molecule has 1 aliphatic rings. The van der Waals surface area contributed by atoms with Crippen molar-refractivity contribution in [1.82, 2.24) is 9.62 Å². The SMILES string of the molecule is C[C@@H](COCC(F)(F)F)NC(=O)c1ccc(Cl)c(S(=O)(=O)N2CCCCCC2)c1. The number of carbonyl (C=O) groups is 1. The molecule has 0 spiro atoms. The van der Waals surface area contributed by atoms with Crippen molar-refractivity contribution < 1.29 is 31.1 Å². The summed E-state index contributed by atoms with van der Waals surface area (Å²) < 4.78 is 68.2. The zero-order valence-corrected chi connectivity index (χ0v) is 17.5. The van der Waals surface area contributed by atoms with Gasteiger partial charge >= 0.3 is 6.18 Å². The van der Waals surface area contributed by atoms with E-state index in [-0.39, 0.29) is 22.1 Å². The monoisotopic (exact) mass is 456 g/mol. The van der Waals surface area contributed by atoms with E-state index in [2.05, 4.69) is 10.1 Å². The maximum Gasteiger partial charge on any atom is 0.411 e. The van der Waals surface area contributed by atoms with Gasteiger partial charge in [0.15, 0.2) is 0 Å². The number of amides is 1. The lowest BCUT2D eigenvalue weighted by molar-refractivity contribution is -0.174. The van der Waals surface area contributed by atoms with Crippen molar-refractivity contribution in [3.8, 4) is 0 Å². The molecule has 29 heavy (non-hydrogen) atoms. The van der Waals surface area contributed by atoms with Crippen LogP contribution in [0.5, 0.6) is 0 Å². The summed E-state index contributed by atoms with van der Waals surface area (Å²) in [5.74, 6) is -0.628. The normalized spacial score (nSPS) is 17.6. The Balaban J connectivity index is 2.10. The third kappa shape index (κ3) is 7.13. The van der Waals surface area contributed by atoms with Gasteiger partial charge in [-0.1, -0.05) is 24.4 Å². The molecular weight excluding hydrogens is 433 g/mol. The number of rotatable bonds is 7. The molecule has 0 aliphatic carbocycles. The van der Waals surface area contributed by atoms with E-state index >= 15 is 0 Å². The molecule has 11 heteroatoms. The molecule has 1 aliphatic heterocycles. The fourth-order valence-electron chi connectivity index (χ4n) is 2.96. The number of carbonyl (C=O) groups excluding carboxylic acids is 1. The second kappa shape index (κ2) is 10.1. The summed E-state index contributed by atoms with van der Waals surface area (Å²) >= 11 is 6.10. The average molecular weight is 457 g/mol. The zero-order chi connectivity index (χ0) is 21.7. The Morgan fingerprint density at radius 2 is 1.86 bits per heavy atom. The minimum atomic E-state index is -4.45. The van der Waals surface area contributed by atoms with E-state index in [4.69, 9.17) is 11.6 Å². The molecule has 1 aromatic carbocycles. The first-order valence-corrected chi connectivity index (χ1v) is 11.1. The highest BCUT2D eigenvalue weighted by Gasteiger charge is 2.29. The third-order valence-electron chi connectivity index (χ3n) is 4.39. The molecule has 1 fully saturated rings. The Kier molecular flexibility index (Phi) is 8.33. The molecule has 1 heterocycles. The van der Waals surface area contributed by atoms with Crippen molar-refractivity contribution in [1.29, 1.82) is 0 Å². The standard InChI is InChI=1S/C18H24ClF3N2O4S/c1-13(11-28-12-18(20,21)22)23-17(25)14-6-7-15(19)16(10-14)29(26,27)24-8-4-2-3-5-9-24/h6-7,10,13H,2-5,8-9,11-12H2,1H3,(H,23,25)/t13-/m0/s1. The number of alkyl halides is 3. The van der Waals surface area contributed by atoms with Gasteiger partial charge in [0, 0.05) is 24.7 Å². The summed E-state index contributed by atoms with van der Waals surface area (Å²) in [6, 6.07) is 3.18. The topological polar surface area (TPSA) is 75.7 Å². The second-order valence-electron chi connectivity index (χ2n) is 6.97. The van der Waals surface area contributed by atoms with Crippen LogP contribution in [0.3, 0.4) is 0 Å². The molecule has 2 rings (SSSR count). The molecule has 1 amide bonds. The first kappa shape index (κ1) is 23.9. The van der Waals surface area contributed by atoms with Gasteiger partial charge in [-0.3, -0.25) is 4.79 Å². The van der Waals surface area contributed by atoms with Gasteiger partial charge in [0.05, 0.1) is 11.6 Å². The number of halogens is 4. The van der Waals surface area contributed by atoms with Gasteiger partial charge in [-0.2, -0.15) is 17.5 Å². The van der Waals surface area contributed by atoms with Gasteiger partial charge < -0.3 is 10.1 Å². The Hall–Kier alpha value is -1.36. The van der Waals surface area contributed by atoms with Crippen LogP contribution < -0.4 is 5.32 Å². The molecule has 0 aromatic heterocycles. The molecule has 1 N–H and O–H groups in total. The van der Waals surface area contributed by atoms with Crippen molar-refractivity contribution in [2.75, 3.05) is 26.3 Å². The molecule has 1 atom stereocenters. The van der Waals surface area contributed by atoms with E-state index in [0.29, 0.717) is 13.1 Å². The maximum atomic E-state index is 13.0. The highest BCUT2D eigenvalue weighted by atomic mass is 35.5. The molecule has 0 radical (unpaired) electrons. The summed E-state index contributed by atoms with van der Waals surface area (Å²) in [7, 11) is -3.86. The molecule has 0 saturated carbocycles. The van der Waals surface area contributed by atoms with Crippen LogP contribution in [0, 0.1) is 0 Å². The van der Waals surface area contributed by atoms with Crippen LogP contribution in [-0.4, -0.2) is 57.2 Å². The first-order valence-electron chi connectivity index (χ1n) is 9.26. The first-order chi connectivity index (χ1) is 13.5. The Bertz CT molecular complexity index is 810. The zero-order valence-electron chi connectivity index (χ0n) is 16.0. The fourth-order valence-corrected chi connectivity index (χ4v) is 4.98. The summed E-state index contributed by atoms with van der Waals surface area (Å²) in [5.41, 5.74) is 0.0467. The highest BCUT2D eigenvalue weighted by molar-refractivity contribution is 7.89.